The Bertz CT molecular complexity index is 488. The lowest BCUT2D eigenvalue weighted by Gasteiger charge is -2.23. The van der Waals surface area contributed by atoms with Crippen molar-refractivity contribution >= 4 is 28.3 Å². The number of nitrogens with two attached hydrogens (primary N) is 1. The number of anilines is 2. The fourth-order valence-corrected chi connectivity index (χ4v) is 3.45. The van der Waals surface area contributed by atoms with E-state index in [1.807, 2.05) is 13.8 Å². The lowest BCUT2D eigenvalue weighted by molar-refractivity contribution is 0.0945. The second kappa shape index (κ2) is 7.09. The van der Waals surface area contributed by atoms with Crippen LogP contribution in [0.2, 0.25) is 0 Å². The van der Waals surface area contributed by atoms with Crippen molar-refractivity contribution in [2.24, 2.45) is 0 Å². The van der Waals surface area contributed by atoms with E-state index in [9.17, 15) is 4.79 Å². The van der Waals surface area contributed by atoms with E-state index in [1.165, 1.54) is 24.4 Å². The SMILES string of the molecule is CCN1CCCC1CNc1snc(N)c1C(=O)NC(C)C. The first-order chi connectivity index (χ1) is 10.0. The van der Waals surface area contributed by atoms with Crippen LogP contribution in [0.15, 0.2) is 0 Å². The van der Waals surface area contributed by atoms with Crippen LogP contribution in [-0.4, -0.2) is 46.9 Å². The zero-order chi connectivity index (χ0) is 15.4. The van der Waals surface area contributed by atoms with Gasteiger partial charge in [0.05, 0.1) is 0 Å². The molecule has 7 heteroatoms. The Morgan fingerprint density at radius 2 is 2.33 bits per heavy atom. The molecule has 4 N–H and O–H groups in total. The van der Waals surface area contributed by atoms with Gasteiger partial charge < -0.3 is 16.4 Å². The van der Waals surface area contributed by atoms with Gasteiger partial charge in [-0.25, -0.2) is 0 Å². The van der Waals surface area contributed by atoms with Gasteiger partial charge in [-0.1, -0.05) is 6.92 Å². The van der Waals surface area contributed by atoms with Gasteiger partial charge in [0.25, 0.3) is 5.91 Å². The highest BCUT2D eigenvalue weighted by Gasteiger charge is 2.25. The van der Waals surface area contributed by atoms with Gasteiger partial charge in [-0.3, -0.25) is 9.69 Å². The molecule has 21 heavy (non-hydrogen) atoms. The van der Waals surface area contributed by atoms with Crippen molar-refractivity contribution in [1.29, 1.82) is 0 Å². The number of carbonyl (C=O) groups is 1. The third-order valence-electron chi connectivity index (χ3n) is 3.77. The molecule has 0 saturated carbocycles. The van der Waals surface area contributed by atoms with Crippen LogP contribution >= 0.6 is 11.5 Å². The third-order valence-corrected chi connectivity index (χ3v) is 4.59. The van der Waals surface area contributed by atoms with Gasteiger partial charge in [-0.2, -0.15) is 4.37 Å². The first kappa shape index (κ1) is 16.0. The Morgan fingerprint density at radius 1 is 1.57 bits per heavy atom. The molecule has 0 aliphatic carbocycles. The number of nitrogen functional groups attached to an aromatic ring is 1. The van der Waals surface area contributed by atoms with Gasteiger partial charge in [0.2, 0.25) is 0 Å². The molecule has 0 aromatic carbocycles. The standard InChI is InChI=1S/C14H25N5OS/c1-4-19-7-5-6-10(19)8-16-14-11(12(15)18-21-14)13(20)17-9(2)3/h9-10,16H,4-8H2,1-3H3,(H2,15,18)(H,17,20). The number of likely N-dealkylation sites (tertiary alicyclic amines) is 1. The Balaban J connectivity index is 2.02. The molecule has 0 spiro atoms. The third kappa shape index (κ3) is 3.85. The van der Waals surface area contributed by atoms with Crippen LogP contribution in [0, 0.1) is 0 Å². The molecular weight excluding hydrogens is 286 g/mol. The summed E-state index contributed by atoms with van der Waals surface area (Å²) in [5.74, 6) is 0.150. The highest BCUT2D eigenvalue weighted by molar-refractivity contribution is 7.11. The van der Waals surface area contributed by atoms with Crippen LogP contribution in [0.25, 0.3) is 0 Å². The summed E-state index contributed by atoms with van der Waals surface area (Å²) in [6, 6.07) is 0.606. The fraction of sp³-hybridized carbons (Fsp3) is 0.714. The van der Waals surface area contributed by atoms with E-state index < -0.39 is 0 Å². The normalized spacial score (nSPS) is 19.1. The molecule has 6 nitrogen and oxygen atoms in total. The van der Waals surface area contributed by atoms with Crippen molar-refractivity contribution in [3.05, 3.63) is 5.56 Å². The molecule has 1 saturated heterocycles. The maximum Gasteiger partial charge on any atom is 0.258 e. The lowest BCUT2D eigenvalue weighted by Crippen LogP contribution is -2.35. The second-order valence-electron chi connectivity index (χ2n) is 5.71. The summed E-state index contributed by atoms with van der Waals surface area (Å²) in [5.41, 5.74) is 6.32. The topological polar surface area (TPSA) is 83.3 Å². The summed E-state index contributed by atoms with van der Waals surface area (Å²) in [6.07, 6.45) is 2.44. The summed E-state index contributed by atoms with van der Waals surface area (Å²) in [4.78, 5) is 14.7. The molecule has 118 valence electrons. The van der Waals surface area contributed by atoms with Gasteiger partial charge >= 0.3 is 0 Å². The molecule has 1 aliphatic rings. The molecule has 1 aromatic heterocycles. The maximum atomic E-state index is 12.2. The number of amides is 1. The van der Waals surface area contributed by atoms with Crippen molar-refractivity contribution in [3.8, 4) is 0 Å². The molecule has 2 heterocycles. The quantitative estimate of drug-likeness (QED) is 0.745. The van der Waals surface area contributed by atoms with Gasteiger partial charge in [0.15, 0.2) is 5.82 Å². The Kier molecular flexibility index (Phi) is 5.41. The highest BCUT2D eigenvalue weighted by atomic mass is 32.1. The molecule has 2 rings (SSSR count). The number of carbonyl (C=O) groups excluding carboxylic acids is 1. The van der Waals surface area contributed by atoms with E-state index in [2.05, 4.69) is 26.8 Å². The molecule has 1 amide bonds. The van der Waals surface area contributed by atoms with Crippen LogP contribution in [-0.2, 0) is 0 Å². The average molecular weight is 311 g/mol. The van der Waals surface area contributed by atoms with Crippen molar-refractivity contribution < 1.29 is 4.79 Å². The number of aromatic nitrogens is 1. The summed E-state index contributed by atoms with van der Waals surface area (Å²) in [5, 5.41) is 7.01. The van der Waals surface area contributed by atoms with Crippen molar-refractivity contribution in [3.63, 3.8) is 0 Å². The predicted octanol–water partition coefficient (Wildman–Crippen LogP) is 1.76. The summed E-state index contributed by atoms with van der Waals surface area (Å²) in [6.45, 7) is 9.10. The molecule has 0 bridgehead atoms. The summed E-state index contributed by atoms with van der Waals surface area (Å²) >= 11 is 1.26. The van der Waals surface area contributed by atoms with E-state index in [1.54, 1.807) is 0 Å². The van der Waals surface area contributed by atoms with E-state index in [0.29, 0.717) is 17.4 Å². The van der Waals surface area contributed by atoms with Crippen LogP contribution in [0.3, 0.4) is 0 Å². The minimum absolute atomic E-state index is 0.0788. The minimum atomic E-state index is -0.155. The smallest absolute Gasteiger partial charge is 0.258 e. The lowest BCUT2D eigenvalue weighted by atomic mass is 10.2. The van der Waals surface area contributed by atoms with Gasteiger partial charge in [-0.15, -0.1) is 0 Å². The maximum absolute atomic E-state index is 12.2. The minimum Gasteiger partial charge on any atom is -0.382 e. The molecule has 1 unspecified atom stereocenters. The van der Waals surface area contributed by atoms with E-state index in [0.717, 1.165) is 24.6 Å². The molecular formula is C14H25N5OS. The fourth-order valence-electron chi connectivity index (χ4n) is 2.73. The number of rotatable bonds is 6. The summed E-state index contributed by atoms with van der Waals surface area (Å²) in [7, 11) is 0. The molecule has 1 fully saturated rings. The van der Waals surface area contributed by atoms with E-state index >= 15 is 0 Å². The van der Waals surface area contributed by atoms with Crippen LogP contribution in [0.4, 0.5) is 10.8 Å². The van der Waals surface area contributed by atoms with Crippen molar-refractivity contribution in [2.75, 3.05) is 30.7 Å². The van der Waals surface area contributed by atoms with Crippen LogP contribution in [0.1, 0.15) is 44.0 Å². The molecule has 0 radical (unpaired) electrons. The highest BCUT2D eigenvalue weighted by Crippen LogP contribution is 2.27. The first-order valence-electron chi connectivity index (χ1n) is 7.56. The van der Waals surface area contributed by atoms with E-state index in [4.69, 9.17) is 5.73 Å². The second-order valence-corrected chi connectivity index (χ2v) is 6.48. The largest absolute Gasteiger partial charge is 0.382 e. The van der Waals surface area contributed by atoms with Crippen molar-refractivity contribution in [1.82, 2.24) is 14.6 Å². The van der Waals surface area contributed by atoms with Gasteiger partial charge in [0.1, 0.15) is 10.6 Å². The van der Waals surface area contributed by atoms with Crippen molar-refractivity contribution in [2.45, 2.75) is 45.7 Å². The van der Waals surface area contributed by atoms with Crippen LogP contribution in [0.5, 0.6) is 0 Å². The van der Waals surface area contributed by atoms with Gasteiger partial charge in [0, 0.05) is 18.6 Å². The number of nitrogens with one attached hydrogen (secondary N) is 2. The van der Waals surface area contributed by atoms with Gasteiger partial charge in [-0.05, 0) is 51.3 Å². The summed E-state index contributed by atoms with van der Waals surface area (Å²) < 4.78 is 4.11. The number of hydrogen-bond donors (Lipinski definition) is 3. The zero-order valence-electron chi connectivity index (χ0n) is 13.0. The molecule has 1 aromatic rings. The first-order valence-corrected chi connectivity index (χ1v) is 8.34. The predicted molar refractivity (Wildman–Crippen MR) is 87.9 cm³/mol. The molecule has 1 aliphatic heterocycles. The number of hydrogen-bond acceptors (Lipinski definition) is 6. The van der Waals surface area contributed by atoms with E-state index in [-0.39, 0.29) is 11.9 Å². The number of likely N-dealkylation sites (N-methyl/N-ethyl adjacent to an activating group) is 1. The Hall–Kier alpha value is -1.34. The average Bonchev–Trinajstić information content (AvgIpc) is 3.01. The Morgan fingerprint density at radius 3 is 3.00 bits per heavy atom. The number of nitrogens with zero attached hydrogens (tertiary/aromatic N) is 2. The monoisotopic (exact) mass is 311 g/mol. The Labute approximate surface area is 130 Å². The zero-order valence-corrected chi connectivity index (χ0v) is 13.8. The molecule has 1 atom stereocenters. The van der Waals surface area contributed by atoms with Crippen LogP contribution < -0.4 is 16.4 Å².